The Morgan fingerprint density at radius 1 is 1.32 bits per heavy atom. The third-order valence-corrected chi connectivity index (χ3v) is 4.49. The molecule has 150 valence electrons. The van der Waals surface area contributed by atoms with Gasteiger partial charge in [0.15, 0.2) is 6.10 Å². The van der Waals surface area contributed by atoms with Crippen LogP contribution in [-0.2, 0) is 25.5 Å². The summed E-state index contributed by atoms with van der Waals surface area (Å²) in [5.41, 5.74) is -0.0526. The molecule has 0 spiro atoms. The second-order valence-electron chi connectivity index (χ2n) is 6.81. The van der Waals surface area contributed by atoms with Crippen LogP contribution in [0.3, 0.4) is 0 Å². The summed E-state index contributed by atoms with van der Waals surface area (Å²) in [7, 11) is 0. The van der Waals surface area contributed by atoms with E-state index in [1.165, 1.54) is 13.0 Å². The average molecular weight is 387 g/mol. The van der Waals surface area contributed by atoms with Crippen molar-refractivity contribution in [1.82, 2.24) is 15.5 Å². The molecule has 1 aromatic carbocycles. The molecule has 1 aliphatic rings. The molecule has 1 aliphatic heterocycles. The second-order valence-corrected chi connectivity index (χ2v) is 6.81. The summed E-state index contributed by atoms with van der Waals surface area (Å²) in [6.07, 6.45) is 1.45. The molecule has 2 rings (SSSR count). The predicted molar refractivity (Wildman–Crippen MR) is 102 cm³/mol. The highest BCUT2D eigenvalue weighted by atomic mass is 16.5. The first kappa shape index (κ1) is 21.1. The molecule has 0 bridgehead atoms. The topological polar surface area (TPSA) is 105 Å². The number of hydrogen-bond acceptors (Lipinski definition) is 5. The fraction of sp³-hybridized carbons (Fsp3) is 0.400. The van der Waals surface area contributed by atoms with Gasteiger partial charge in [-0.3, -0.25) is 19.3 Å². The summed E-state index contributed by atoms with van der Waals surface area (Å²) < 4.78 is 5.01. The average Bonchev–Trinajstić information content (AvgIpc) is 2.88. The van der Waals surface area contributed by atoms with Crippen molar-refractivity contribution < 1.29 is 23.9 Å². The number of nitrogens with one attached hydrogen (secondary N) is 2. The maximum atomic E-state index is 12.7. The molecule has 0 aliphatic carbocycles. The van der Waals surface area contributed by atoms with Crippen molar-refractivity contribution in [3.8, 4) is 0 Å². The van der Waals surface area contributed by atoms with Crippen LogP contribution in [-0.4, -0.2) is 53.4 Å². The number of carbonyl (C=O) groups excluding carboxylic acids is 4. The summed E-state index contributed by atoms with van der Waals surface area (Å²) in [6, 6.07) is 8.95. The van der Waals surface area contributed by atoms with Gasteiger partial charge in [-0.25, -0.2) is 4.79 Å². The molecule has 8 nitrogen and oxygen atoms in total. The van der Waals surface area contributed by atoms with Crippen LogP contribution < -0.4 is 10.6 Å². The highest BCUT2D eigenvalue weighted by Gasteiger charge is 2.48. The third-order valence-electron chi connectivity index (χ3n) is 4.49. The zero-order valence-corrected chi connectivity index (χ0v) is 16.1. The van der Waals surface area contributed by atoms with Crippen molar-refractivity contribution in [3.05, 3.63) is 48.6 Å². The van der Waals surface area contributed by atoms with E-state index in [0.29, 0.717) is 12.8 Å². The summed E-state index contributed by atoms with van der Waals surface area (Å²) in [5, 5.41) is 5.15. The van der Waals surface area contributed by atoms with Crippen LogP contribution in [0.1, 0.15) is 25.8 Å². The highest BCUT2D eigenvalue weighted by Crippen LogP contribution is 2.23. The van der Waals surface area contributed by atoms with E-state index in [4.69, 9.17) is 4.74 Å². The number of benzene rings is 1. The molecule has 2 atom stereocenters. The molecule has 2 N–H and O–H groups in total. The van der Waals surface area contributed by atoms with Crippen molar-refractivity contribution in [2.24, 2.45) is 0 Å². The molecule has 0 saturated carbocycles. The van der Waals surface area contributed by atoms with E-state index in [9.17, 15) is 19.2 Å². The van der Waals surface area contributed by atoms with Crippen LogP contribution in [0.25, 0.3) is 0 Å². The van der Waals surface area contributed by atoms with Crippen molar-refractivity contribution in [3.63, 3.8) is 0 Å². The molecule has 0 unspecified atom stereocenters. The number of imide groups is 1. The maximum absolute atomic E-state index is 12.7. The van der Waals surface area contributed by atoms with E-state index in [0.717, 1.165) is 10.5 Å². The normalized spacial score (nSPS) is 19.7. The Balaban J connectivity index is 1.92. The van der Waals surface area contributed by atoms with Gasteiger partial charge >= 0.3 is 12.0 Å². The van der Waals surface area contributed by atoms with Crippen LogP contribution in [0, 0.1) is 0 Å². The molecular formula is C20H25N3O5. The largest absolute Gasteiger partial charge is 0.451 e. The first-order valence-corrected chi connectivity index (χ1v) is 9.03. The quantitative estimate of drug-likeness (QED) is 0.376. The number of carbonyl (C=O) groups is 4. The van der Waals surface area contributed by atoms with Gasteiger partial charge in [-0.15, -0.1) is 6.58 Å². The second kappa shape index (κ2) is 9.16. The van der Waals surface area contributed by atoms with Crippen LogP contribution in [0.15, 0.2) is 43.0 Å². The number of amides is 4. The minimum Gasteiger partial charge on any atom is -0.451 e. The van der Waals surface area contributed by atoms with Gasteiger partial charge in [0.05, 0.1) is 0 Å². The number of urea groups is 1. The van der Waals surface area contributed by atoms with Gasteiger partial charge in [0.2, 0.25) is 0 Å². The van der Waals surface area contributed by atoms with E-state index in [1.807, 2.05) is 30.3 Å². The lowest BCUT2D eigenvalue weighted by atomic mass is 9.93. The van der Waals surface area contributed by atoms with E-state index in [1.54, 1.807) is 6.92 Å². The zero-order valence-electron chi connectivity index (χ0n) is 16.1. The highest BCUT2D eigenvalue weighted by molar-refractivity contribution is 6.08. The minimum absolute atomic E-state index is 0.244. The Hall–Kier alpha value is -3.16. The van der Waals surface area contributed by atoms with Gasteiger partial charge in [0.25, 0.3) is 11.8 Å². The lowest BCUT2D eigenvalue weighted by Crippen LogP contribution is -2.45. The maximum Gasteiger partial charge on any atom is 0.327 e. The predicted octanol–water partition coefficient (Wildman–Crippen LogP) is 1.16. The number of nitrogens with zero attached hydrogens (tertiary/aromatic N) is 1. The number of rotatable bonds is 9. The standard InChI is InChI=1S/C20H25N3O5/c1-4-12-21-17(25)14(2)28-16(24)13-23-18(26)20(3,22-19(23)27)11-10-15-8-6-5-7-9-15/h4-9,14H,1,10-13H2,2-3H3,(H,21,25)(H,22,27)/t14-,20-/m1/s1. The molecule has 0 aromatic heterocycles. The van der Waals surface area contributed by atoms with Crippen LogP contribution in [0.4, 0.5) is 4.79 Å². The minimum atomic E-state index is -1.10. The van der Waals surface area contributed by atoms with Crippen LogP contribution in [0.5, 0.6) is 0 Å². The van der Waals surface area contributed by atoms with Gasteiger partial charge < -0.3 is 15.4 Å². The lowest BCUT2D eigenvalue weighted by Gasteiger charge is -2.21. The molecule has 0 radical (unpaired) electrons. The smallest absolute Gasteiger partial charge is 0.327 e. The summed E-state index contributed by atoms with van der Waals surface area (Å²) in [4.78, 5) is 49.5. The van der Waals surface area contributed by atoms with Gasteiger partial charge in [-0.05, 0) is 32.3 Å². The van der Waals surface area contributed by atoms with Crippen molar-refractivity contribution in [2.75, 3.05) is 13.1 Å². The fourth-order valence-corrected chi connectivity index (χ4v) is 2.83. The summed E-state index contributed by atoms with van der Waals surface area (Å²) in [5.74, 6) is -1.82. The Morgan fingerprint density at radius 3 is 2.64 bits per heavy atom. The number of hydrogen-bond donors (Lipinski definition) is 2. The molecule has 1 heterocycles. The SMILES string of the molecule is C=CCNC(=O)[C@@H](C)OC(=O)CN1C(=O)N[C@](C)(CCc2ccccc2)C1=O. The monoisotopic (exact) mass is 387 g/mol. The van der Waals surface area contributed by atoms with Crippen LogP contribution in [0.2, 0.25) is 0 Å². The van der Waals surface area contributed by atoms with Crippen LogP contribution >= 0.6 is 0 Å². The lowest BCUT2D eigenvalue weighted by molar-refractivity contribution is -0.156. The first-order chi connectivity index (χ1) is 13.3. The zero-order chi connectivity index (χ0) is 20.7. The fourth-order valence-electron chi connectivity index (χ4n) is 2.83. The van der Waals surface area contributed by atoms with Crippen molar-refractivity contribution >= 4 is 23.8 Å². The van der Waals surface area contributed by atoms with E-state index in [-0.39, 0.29) is 6.54 Å². The Bertz CT molecular complexity index is 764. The Kier molecular flexibility index (Phi) is 6.92. The van der Waals surface area contributed by atoms with Gasteiger partial charge in [-0.1, -0.05) is 36.4 Å². The van der Waals surface area contributed by atoms with E-state index >= 15 is 0 Å². The van der Waals surface area contributed by atoms with Crippen molar-refractivity contribution in [2.45, 2.75) is 38.3 Å². The Labute approximate surface area is 163 Å². The molecule has 28 heavy (non-hydrogen) atoms. The van der Waals surface area contributed by atoms with Gasteiger partial charge in [0.1, 0.15) is 12.1 Å². The number of ether oxygens (including phenoxy) is 1. The Morgan fingerprint density at radius 2 is 2.00 bits per heavy atom. The molecule has 8 heteroatoms. The molecule has 1 fully saturated rings. The molecule has 4 amide bonds. The number of esters is 1. The van der Waals surface area contributed by atoms with Crippen molar-refractivity contribution in [1.29, 1.82) is 0 Å². The summed E-state index contributed by atoms with van der Waals surface area (Å²) >= 11 is 0. The van der Waals surface area contributed by atoms with E-state index in [2.05, 4.69) is 17.2 Å². The summed E-state index contributed by atoms with van der Waals surface area (Å²) in [6.45, 7) is 6.21. The molecule has 1 saturated heterocycles. The van der Waals surface area contributed by atoms with Gasteiger partial charge in [-0.2, -0.15) is 0 Å². The molecule has 1 aromatic rings. The first-order valence-electron chi connectivity index (χ1n) is 9.03. The van der Waals surface area contributed by atoms with E-state index < -0.39 is 42.0 Å². The third kappa shape index (κ3) is 5.18. The molecular weight excluding hydrogens is 362 g/mol. The number of aryl methyl sites for hydroxylation is 1. The van der Waals surface area contributed by atoms with Gasteiger partial charge in [0, 0.05) is 6.54 Å².